The van der Waals surface area contributed by atoms with Crippen molar-refractivity contribution in [1.29, 1.82) is 0 Å². The molecule has 0 amide bonds. The molecule has 1 heterocycles. The fourth-order valence-electron chi connectivity index (χ4n) is 2.68. The van der Waals surface area contributed by atoms with E-state index in [1.54, 1.807) is 0 Å². The van der Waals surface area contributed by atoms with Crippen molar-refractivity contribution < 1.29 is 0 Å². The Morgan fingerprint density at radius 3 is 2.54 bits per heavy atom. The van der Waals surface area contributed by atoms with E-state index < -0.39 is 0 Å². The first-order valence-electron chi connectivity index (χ1n) is 5.71. The van der Waals surface area contributed by atoms with Gasteiger partial charge < -0.3 is 5.32 Å². The van der Waals surface area contributed by atoms with Crippen LogP contribution in [0.1, 0.15) is 33.1 Å². The molecule has 13 heavy (non-hydrogen) atoms. The zero-order valence-electron chi connectivity index (χ0n) is 8.97. The third-order valence-electron chi connectivity index (χ3n) is 3.81. The van der Waals surface area contributed by atoms with Crippen molar-refractivity contribution in [2.24, 2.45) is 5.92 Å². The summed E-state index contributed by atoms with van der Waals surface area (Å²) in [4.78, 5) is 2.73. The molecule has 0 radical (unpaired) electrons. The Morgan fingerprint density at radius 2 is 1.92 bits per heavy atom. The van der Waals surface area contributed by atoms with Crippen LogP contribution in [-0.2, 0) is 0 Å². The highest BCUT2D eigenvalue weighted by molar-refractivity contribution is 5.06. The van der Waals surface area contributed by atoms with Crippen molar-refractivity contribution in [3.05, 3.63) is 0 Å². The molecule has 76 valence electrons. The number of hydrogen-bond donors (Lipinski definition) is 1. The summed E-state index contributed by atoms with van der Waals surface area (Å²) in [5.74, 6) is 0.839. The van der Waals surface area contributed by atoms with Gasteiger partial charge in [0.1, 0.15) is 0 Å². The van der Waals surface area contributed by atoms with Gasteiger partial charge in [-0.1, -0.05) is 13.8 Å². The van der Waals surface area contributed by atoms with Crippen LogP contribution < -0.4 is 5.32 Å². The molecule has 1 saturated heterocycles. The first kappa shape index (κ1) is 9.47. The van der Waals surface area contributed by atoms with Crippen LogP contribution in [0.2, 0.25) is 0 Å². The minimum atomic E-state index is 0.603. The standard InChI is InChI=1S/C11H22N2/c1-10(2)11(4-5-11)13-8-3-6-12-7-9-13/h10,12H,3-9H2,1-2H3. The number of nitrogens with one attached hydrogen (secondary N) is 1. The molecule has 0 atom stereocenters. The van der Waals surface area contributed by atoms with Crippen molar-refractivity contribution in [1.82, 2.24) is 10.2 Å². The van der Waals surface area contributed by atoms with Crippen LogP contribution in [0.4, 0.5) is 0 Å². The van der Waals surface area contributed by atoms with Crippen LogP contribution in [0.5, 0.6) is 0 Å². The van der Waals surface area contributed by atoms with Crippen LogP contribution in [0, 0.1) is 5.92 Å². The zero-order chi connectivity index (χ0) is 9.31. The maximum absolute atomic E-state index is 3.47. The van der Waals surface area contributed by atoms with Gasteiger partial charge in [0.15, 0.2) is 0 Å². The molecule has 2 rings (SSSR count). The monoisotopic (exact) mass is 182 g/mol. The summed E-state index contributed by atoms with van der Waals surface area (Å²) >= 11 is 0. The summed E-state index contributed by atoms with van der Waals surface area (Å²) in [6.07, 6.45) is 4.20. The van der Waals surface area contributed by atoms with Crippen LogP contribution in [-0.4, -0.2) is 36.6 Å². The van der Waals surface area contributed by atoms with E-state index in [4.69, 9.17) is 0 Å². The topological polar surface area (TPSA) is 15.3 Å². The van der Waals surface area contributed by atoms with E-state index in [9.17, 15) is 0 Å². The van der Waals surface area contributed by atoms with Crippen LogP contribution >= 0.6 is 0 Å². The van der Waals surface area contributed by atoms with Gasteiger partial charge in [-0.3, -0.25) is 4.90 Å². The summed E-state index contributed by atoms with van der Waals surface area (Å²) in [5, 5.41) is 3.47. The van der Waals surface area contributed by atoms with Gasteiger partial charge in [0.05, 0.1) is 0 Å². The Morgan fingerprint density at radius 1 is 1.15 bits per heavy atom. The number of hydrogen-bond acceptors (Lipinski definition) is 2. The van der Waals surface area contributed by atoms with E-state index in [-0.39, 0.29) is 0 Å². The first-order valence-corrected chi connectivity index (χ1v) is 5.71. The highest BCUT2D eigenvalue weighted by Gasteiger charge is 2.49. The largest absolute Gasteiger partial charge is 0.315 e. The Kier molecular flexibility index (Phi) is 2.61. The lowest BCUT2D eigenvalue weighted by atomic mass is 9.99. The van der Waals surface area contributed by atoms with Gasteiger partial charge in [0.2, 0.25) is 0 Å². The maximum atomic E-state index is 3.47. The van der Waals surface area contributed by atoms with E-state index in [2.05, 4.69) is 24.1 Å². The van der Waals surface area contributed by atoms with Gasteiger partial charge >= 0.3 is 0 Å². The number of nitrogens with zero attached hydrogens (tertiary/aromatic N) is 1. The van der Waals surface area contributed by atoms with E-state index in [1.165, 1.54) is 45.4 Å². The Hall–Kier alpha value is -0.0800. The predicted molar refractivity (Wildman–Crippen MR) is 55.9 cm³/mol. The SMILES string of the molecule is CC(C)C1(N2CCCNCC2)CC1. The van der Waals surface area contributed by atoms with Gasteiger partial charge in [0, 0.05) is 18.6 Å². The Labute approximate surface area is 81.7 Å². The molecule has 2 fully saturated rings. The molecule has 0 aromatic heterocycles. The van der Waals surface area contributed by atoms with Crippen molar-refractivity contribution in [2.45, 2.75) is 38.6 Å². The summed E-state index contributed by atoms with van der Waals surface area (Å²) in [6, 6.07) is 0. The van der Waals surface area contributed by atoms with Gasteiger partial charge in [-0.05, 0) is 38.3 Å². The lowest BCUT2D eigenvalue weighted by Crippen LogP contribution is -2.43. The average Bonchev–Trinajstić information content (AvgIpc) is 2.90. The normalized spacial score (nSPS) is 28.8. The molecule has 1 aliphatic heterocycles. The lowest BCUT2D eigenvalue weighted by Gasteiger charge is -2.33. The van der Waals surface area contributed by atoms with E-state index in [0.29, 0.717) is 5.54 Å². The van der Waals surface area contributed by atoms with Gasteiger partial charge in [-0.2, -0.15) is 0 Å². The fraction of sp³-hybridized carbons (Fsp3) is 1.00. The molecule has 2 aliphatic rings. The molecule has 2 nitrogen and oxygen atoms in total. The van der Waals surface area contributed by atoms with Crippen LogP contribution in [0.25, 0.3) is 0 Å². The third-order valence-corrected chi connectivity index (χ3v) is 3.81. The molecule has 1 saturated carbocycles. The third kappa shape index (κ3) is 1.75. The minimum Gasteiger partial charge on any atom is -0.315 e. The van der Waals surface area contributed by atoms with Gasteiger partial charge in [0.25, 0.3) is 0 Å². The summed E-state index contributed by atoms with van der Waals surface area (Å²) in [6.45, 7) is 9.74. The van der Waals surface area contributed by atoms with E-state index >= 15 is 0 Å². The molecular weight excluding hydrogens is 160 g/mol. The molecule has 1 aliphatic carbocycles. The second kappa shape index (κ2) is 3.58. The number of rotatable bonds is 2. The molecule has 0 spiro atoms. The minimum absolute atomic E-state index is 0.603. The molecule has 0 aromatic carbocycles. The molecule has 0 bridgehead atoms. The summed E-state index contributed by atoms with van der Waals surface area (Å²) < 4.78 is 0. The van der Waals surface area contributed by atoms with Crippen LogP contribution in [0.3, 0.4) is 0 Å². The summed E-state index contributed by atoms with van der Waals surface area (Å²) in [7, 11) is 0. The summed E-state index contributed by atoms with van der Waals surface area (Å²) in [5.41, 5.74) is 0.603. The van der Waals surface area contributed by atoms with Crippen molar-refractivity contribution in [3.63, 3.8) is 0 Å². The predicted octanol–water partition coefficient (Wildman–Crippen LogP) is 1.47. The zero-order valence-corrected chi connectivity index (χ0v) is 8.97. The second-order valence-corrected chi connectivity index (χ2v) is 4.85. The average molecular weight is 182 g/mol. The molecular formula is C11H22N2. The maximum Gasteiger partial charge on any atom is 0.0234 e. The van der Waals surface area contributed by atoms with E-state index in [0.717, 1.165) is 5.92 Å². The van der Waals surface area contributed by atoms with Crippen molar-refractivity contribution >= 4 is 0 Å². The van der Waals surface area contributed by atoms with Crippen molar-refractivity contribution in [2.75, 3.05) is 26.2 Å². The molecule has 0 aromatic rings. The molecule has 0 unspecified atom stereocenters. The molecule has 1 N–H and O–H groups in total. The van der Waals surface area contributed by atoms with Gasteiger partial charge in [-0.15, -0.1) is 0 Å². The smallest absolute Gasteiger partial charge is 0.0234 e. The fourth-order valence-corrected chi connectivity index (χ4v) is 2.68. The Balaban J connectivity index is 1.98. The first-order chi connectivity index (χ1) is 6.26. The second-order valence-electron chi connectivity index (χ2n) is 4.85. The van der Waals surface area contributed by atoms with E-state index in [1.807, 2.05) is 0 Å². The van der Waals surface area contributed by atoms with Crippen LogP contribution in [0.15, 0.2) is 0 Å². The lowest BCUT2D eigenvalue weighted by molar-refractivity contribution is 0.143. The molecule has 2 heteroatoms. The highest BCUT2D eigenvalue weighted by Crippen LogP contribution is 2.47. The van der Waals surface area contributed by atoms with Gasteiger partial charge in [-0.25, -0.2) is 0 Å². The highest BCUT2D eigenvalue weighted by atomic mass is 15.2. The Bertz CT molecular complexity index is 165. The quantitative estimate of drug-likeness (QED) is 0.695. The van der Waals surface area contributed by atoms with Crippen molar-refractivity contribution in [3.8, 4) is 0 Å².